The summed E-state index contributed by atoms with van der Waals surface area (Å²) in [5.41, 5.74) is -3.60. The highest BCUT2D eigenvalue weighted by atomic mass is 19.4. The van der Waals surface area contributed by atoms with Gasteiger partial charge in [0.25, 0.3) is 0 Å². The molecule has 1 N–H and O–H groups in total. The van der Waals surface area contributed by atoms with Gasteiger partial charge >= 0.3 is 18.2 Å². The monoisotopic (exact) mass is 428 g/mol. The first kappa shape index (κ1) is 23.2. The Morgan fingerprint density at radius 3 is 2.27 bits per heavy atom. The maximum atomic E-state index is 14.2. The number of carbonyl (C=O) groups is 3. The smallest absolute Gasteiger partial charge is 0.416 e. The molecule has 1 aliphatic heterocycles. The molecule has 0 radical (unpaired) electrons. The minimum Gasteiger partial charge on any atom is -0.497 e. The molecule has 10 heteroatoms. The van der Waals surface area contributed by atoms with E-state index < -0.39 is 41.5 Å². The van der Waals surface area contributed by atoms with Gasteiger partial charge in [-0.2, -0.15) is 13.2 Å². The van der Waals surface area contributed by atoms with E-state index in [0.29, 0.717) is 11.3 Å². The minimum absolute atomic E-state index is 0.0986. The SMILES string of the molecule is CCOC(=O)C1=C(C)N(Cc2ccc(OC)cc2)C(=O)N[C@]1(CC(C)=O)C(F)(F)F. The van der Waals surface area contributed by atoms with Crippen LogP contribution in [0.25, 0.3) is 0 Å². The van der Waals surface area contributed by atoms with Crippen molar-refractivity contribution in [3.63, 3.8) is 0 Å². The van der Waals surface area contributed by atoms with Crippen molar-refractivity contribution >= 4 is 17.8 Å². The molecule has 0 saturated heterocycles. The lowest BCUT2D eigenvalue weighted by Crippen LogP contribution is -2.67. The third-order valence-electron chi connectivity index (χ3n) is 4.74. The number of alkyl halides is 3. The number of urea groups is 1. The molecule has 1 heterocycles. The number of hydrogen-bond acceptors (Lipinski definition) is 5. The normalized spacial score (nSPS) is 19.4. The van der Waals surface area contributed by atoms with E-state index in [1.807, 2.05) is 5.32 Å². The van der Waals surface area contributed by atoms with E-state index in [4.69, 9.17) is 9.47 Å². The van der Waals surface area contributed by atoms with E-state index in [9.17, 15) is 27.6 Å². The highest BCUT2D eigenvalue weighted by Crippen LogP contribution is 2.44. The number of nitrogens with one attached hydrogen (secondary N) is 1. The summed E-state index contributed by atoms with van der Waals surface area (Å²) in [6.45, 7) is 3.37. The van der Waals surface area contributed by atoms with Gasteiger partial charge in [-0.3, -0.25) is 9.69 Å². The third kappa shape index (κ3) is 4.42. The van der Waals surface area contributed by atoms with E-state index in [1.54, 1.807) is 24.3 Å². The molecule has 2 amide bonds. The average molecular weight is 428 g/mol. The molecule has 30 heavy (non-hydrogen) atoms. The van der Waals surface area contributed by atoms with Crippen molar-refractivity contribution in [2.45, 2.75) is 45.5 Å². The number of benzene rings is 1. The quantitative estimate of drug-likeness (QED) is 0.674. The number of methoxy groups -OCH3 is 1. The van der Waals surface area contributed by atoms with Crippen LogP contribution in [0.4, 0.5) is 18.0 Å². The number of amides is 2. The van der Waals surface area contributed by atoms with Crippen molar-refractivity contribution in [2.75, 3.05) is 13.7 Å². The maximum Gasteiger partial charge on any atom is 0.416 e. The first-order valence-corrected chi connectivity index (χ1v) is 9.14. The molecule has 1 aromatic carbocycles. The molecular weight excluding hydrogens is 405 g/mol. The minimum atomic E-state index is -5.11. The van der Waals surface area contributed by atoms with Crippen LogP contribution in [0.1, 0.15) is 32.8 Å². The van der Waals surface area contributed by atoms with E-state index in [-0.39, 0.29) is 18.8 Å². The number of Topliss-reactive ketones (excluding diaryl/α,β-unsaturated/α-hetero) is 1. The predicted octanol–water partition coefficient (Wildman–Crippen LogP) is 3.34. The van der Waals surface area contributed by atoms with Gasteiger partial charge in [-0.25, -0.2) is 9.59 Å². The summed E-state index contributed by atoms with van der Waals surface area (Å²) in [5, 5.41) is 1.87. The fraction of sp³-hybridized carbons (Fsp3) is 0.450. The standard InChI is InChI=1S/C20H23F3N2O5/c1-5-30-17(27)16-13(3)25(11-14-6-8-15(29-4)9-7-14)18(28)24-19(16,10-12(2)26)20(21,22)23/h6-9H,5,10-11H2,1-4H3,(H,24,28)/t19-/m0/s1. The van der Waals surface area contributed by atoms with Gasteiger partial charge in [0.2, 0.25) is 0 Å². The lowest BCUT2D eigenvalue weighted by atomic mass is 9.81. The zero-order chi connectivity index (χ0) is 22.7. The van der Waals surface area contributed by atoms with Gasteiger partial charge in [-0.05, 0) is 38.5 Å². The molecular formula is C20H23F3N2O5. The van der Waals surface area contributed by atoms with Crippen molar-refractivity contribution in [1.82, 2.24) is 10.2 Å². The zero-order valence-electron chi connectivity index (χ0n) is 17.1. The first-order chi connectivity index (χ1) is 14.0. The third-order valence-corrected chi connectivity index (χ3v) is 4.74. The second-order valence-electron chi connectivity index (χ2n) is 6.83. The van der Waals surface area contributed by atoms with Crippen LogP contribution in [0.5, 0.6) is 5.75 Å². The van der Waals surface area contributed by atoms with E-state index in [1.165, 1.54) is 21.0 Å². The van der Waals surface area contributed by atoms with Crippen LogP contribution >= 0.6 is 0 Å². The number of carbonyl (C=O) groups excluding carboxylic acids is 3. The van der Waals surface area contributed by atoms with E-state index >= 15 is 0 Å². The van der Waals surface area contributed by atoms with Crippen LogP contribution < -0.4 is 10.1 Å². The second-order valence-corrected chi connectivity index (χ2v) is 6.83. The number of rotatable bonds is 7. The Hall–Kier alpha value is -3.04. The molecule has 7 nitrogen and oxygen atoms in total. The fourth-order valence-corrected chi connectivity index (χ4v) is 3.36. The van der Waals surface area contributed by atoms with Crippen molar-refractivity contribution < 1.29 is 37.0 Å². The number of allylic oxidation sites excluding steroid dienone is 1. The van der Waals surface area contributed by atoms with Crippen LogP contribution in [0.2, 0.25) is 0 Å². The van der Waals surface area contributed by atoms with Gasteiger partial charge in [0.05, 0.1) is 25.8 Å². The molecule has 0 bridgehead atoms. The summed E-state index contributed by atoms with van der Waals surface area (Å²) in [5.74, 6) is -1.52. The number of esters is 1. The molecule has 0 spiro atoms. The summed E-state index contributed by atoms with van der Waals surface area (Å²) in [6.07, 6.45) is -6.23. The van der Waals surface area contributed by atoms with Crippen LogP contribution in [0.3, 0.4) is 0 Å². The van der Waals surface area contributed by atoms with E-state index in [0.717, 1.165) is 11.8 Å². The molecule has 0 unspecified atom stereocenters. The van der Waals surface area contributed by atoms with Crippen LogP contribution in [-0.4, -0.2) is 48.1 Å². The largest absolute Gasteiger partial charge is 0.497 e. The summed E-state index contributed by atoms with van der Waals surface area (Å²) in [7, 11) is 1.48. The molecule has 1 aromatic rings. The number of nitrogens with zero attached hydrogens (tertiary/aromatic N) is 1. The van der Waals surface area contributed by atoms with Gasteiger partial charge in [0, 0.05) is 12.1 Å². The Morgan fingerprint density at radius 2 is 1.80 bits per heavy atom. The van der Waals surface area contributed by atoms with Gasteiger partial charge in [-0.15, -0.1) is 0 Å². The maximum absolute atomic E-state index is 14.2. The highest BCUT2D eigenvalue weighted by molar-refractivity contribution is 5.98. The summed E-state index contributed by atoms with van der Waals surface area (Å²) in [6, 6.07) is 5.49. The first-order valence-electron chi connectivity index (χ1n) is 9.14. The van der Waals surface area contributed by atoms with Crippen LogP contribution in [0.15, 0.2) is 35.5 Å². The Bertz CT molecular complexity index is 864. The number of hydrogen-bond donors (Lipinski definition) is 1. The fourth-order valence-electron chi connectivity index (χ4n) is 3.36. The Morgan fingerprint density at radius 1 is 1.20 bits per heavy atom. The van der Waals surface area contributed by atoms with Crippen molar-refractivity contribution in [3.05, 3.63) is 41.1 Å². The Balaban J connectivity index is 2.61. The topological polar surface area (TPSA) is 84.9 Å². The van der Waals surface area contributed by atoms with Crippen LogP contribution in [0, 0.1) is 0 Å². The second kappa shape index (κ2) is 8.76. The molecule has 0 aliphatic carbocycles. The van der Waals surface area contributed by atoms with Crippen molar-refractivity contribution in [1.29, 1.82) is 0 Å². The van der Waals surface area contributed by atoms with Gasteiger partial charge < -0.3 is 14.8 Å². The average Bonchev–Trinajstić information content (AvgIpc) is 2.64. The Kier molecular flexibility index (Phi) is 6.79. The number of ether oxygens (including phenoxy) is 2. The summed E-state index contributed by atoms with van der Waals surface area (Å²) < 4.78 is 52.4. The highest BCUT2D eigenvalue weighted by Gasteiger charge is 2.64. The molecule has 0 fully saturated rings. The predicted molar refractivity (Wildman–Crippen MR) is 100 cm³/mol. The lowest BCUT2D eigenvalue weighted by molar-refractivity contribution is -0.191. The van der Waals surface area contributed by atoms with Crippen LogP contribution in [-0.2, 0) is 20.9 Å². The van der Waals surface area contributed by atoms with E-state index in [2.05, 4.69) is 0 Å². The molecule has 164 valence electrons. The molecule has 0 saturated carbocycles. The molecule has 2 rings (SSSR count). The Labute approximate surface area is 171 Å². The summed E-state index contributed by atoms with van der Waals surface area (Å²) >= 11 is 0. The van der Waals surface area contributed by atoms with Gasteiger partial charge in [0.1, 0.15) is 11.5 Å². The zero-order valence-corrected chi connectivity index (χ0v) is 17.1. The lowest BCUT2D eigenvalue weighted by Gasteiger charge is -2.44. The number of halogens is 3. The molecule has 1 aliphatic rings. The molecule has 1 atom stereocenters. The number of ketones is 1. The van der Waals surface area contributed by atoms with Crippen molar-refractivity contribution in [2.24, 2.45) is 0 Å². The van der Waals surface area contributed by atoms with Gasteiger partial charge in [-0.1, -0.05) is 12.1 Å². The van der Waals surface area contributed by atoms with Crippen molar-refractivity contribution in [3.8, 4) is 5.75 Å². The van der Waals surface area contributed by atoms with Gasteiger partial charge in [0.15, 0.2) is 5.54 Å². The molecule has 0 aromatic heterocycles. The summed E-state index contributed by atoms with van der Waals surface area (Å²) in [4.78, 5) is 37.9.